The average Bonchev–Trinajstić information content (AvgIpc) is 1.88. The highest BCUT2D eigenvalue weighted by Gasteiger charge is 1.96. The first-order valence-electron chi connectivity index (χ1n) is 2.66. The van der Waals surface area contributed by atoms with Crippen molar-refractivity contribution < 1.29 is 0 Å². The monoisotopic (exact) mass is 158 g/mol. The number of nitrogens with two attached hydrogens (primary N) is 1. The second-order valence-corrected chi connectivity index (χ2v) is 2.20. The quantitative estimate of drug-likeness (QED) is 0.366. The lowest BCUT2D eigenvalue weighted by Gasteiger charge is -2.08. The van der Waals surface area contributed by atoms with Gasteiger partial charge < -0.3 is 0 Å². The summed E-state index contributed by atoms with van der Waals surface area (Å²) in [5.41, 5.74) is 0. The minimum atomic E-state index is 0.391. The Labute approximate surface area is 63.6 Å². The van der Waals surface area contributed by atoms with E-state index < -0.39 is 0 Å². The lowest BCUT2D eigenvalue weighted by atomic mass is 10.6. The van der Waals surface area contributed by atoms with E-state index in [1.807, 2.05) is 0 Å². The van der Waals surface area contributed by atoms with E-state index in [0.717, 1.165) is 0 Å². The zero-order valence-electron chi connectivity index (χ0n) is 5.45. The summed E-state index contributed by atoms with van der Waals surface area (Å²) in [6, 6.07) is 1.58. The molecule has 0 unspecified atom stereocenters. The minimum Gasteiger partial charge on any atom is -0.298 e. The molecule has 5 heteroatoms. The van der Waals surface area contributed by atoms with Crippen LogP contribution in [0.1, 0.15) is 0 Å². The summed E-state index contributed by atoms with van der Waals surface area (Å²) in [4.78, 5) is 7.54. The fourth-order valence-corrected chi connectivity index (χ4v) is 0.658. The van der Waals surface area contributed by atoms with Crippen LogP contribution in [0.15, 0.2) is 12.4 Å². The molecule has 0 aliphatic heterocycles. The standard InChI is InChI=1S/C5H7ClN4/c1-10(7)5-2-4(6)8-3-9-5/h2-3H,7H2,1H3. The van der Waals surface area contributed by atoms with E-state index in [2.05, 4.69) is 9.97 Å². The fraction of sp³-hybridized carbons (Fsp3) is 0.200. The third-order valence-electron chi connectivity index (χ3n) is 0.981. The van der Waals surface area contributed by atoms with Gasteiger partial charge in [-0.15, -0.1) is 0 Å². The number of halogens is 1. The van der Waals surface area contributed by atoms with E-state index >= 15 is 0 Å². The van der Waals surface area contributed by atoms with Crippen molar-refractivity contribution in [2.24, 2.45) is 5.84 Å². The maximum atomic E-state index is 5.56. The fourth-order valence-electron chi connectivity index (χ4n) is 0.517. The molecule has 0 radical (unpaired) electrons. The molecule has 0 saturated heterocycles. The Balaban J connectivity index is 2.96. The van der Waals surface area contributed by atoms with Gasteiger partial charge in [0.05, 0.1) is 0 Å². The van der Waals surface area contributed by atoms with Crippen LogP contribution in [0.5, 0.6) is 0 Å². The van der Waals surface area contributed by atoms with Crippen LogP contribution in [-0.4, -0.2) is 17.0 Å². The highest BCUT2D eigenvalue weighted by Crippen LogP contribution is 2.09. The van der Waals surface area contributed by atoms with Gasteiger partial charge in [-0.2, -0.15) is 0 Å². The predicted octanol–water partition coefficient (Wildman–Crippen LogP) is 0.440. The first-order valence-corrected chi connectivity index (χ1v) is 3.04. The van der Waals surface area contributed by atoms with Crippen LogP contribution in [-0.2, 0) is 0 Å². The van der Waals surface area contributed by atoms with Gasteiger partial charge >= 0.3 is 0 Å². The second kappa shape index (κ2) is 2.81. The Hall–Kier alpha value is -0.870. The number of nitrogens with zero attached hydrogens (tertiary/aromatic N) is 3. The Morgan fingerprint density at radius 2 is 2.30 bits per heavy atom. The molecule has 1 aromatic rings. The van der Waals surface area contributed by atoms with Crippen LogP contribution in [0.2, 0.25) is 5.15 Å². The number of hydrazine groups is 1. The number of hydrogen-bond donors (Lipinski definition) is 1. The third-order valence-corrected chi connectivity index (χ3v) is 1.19. The lowest BCUT2D eigenvalue weighted by Crippen LogP contribution is -2.25. The summed E-state index contributed by atoms with van der Waals surface area (Å²) in [6.07, 6.45) is 1.36. The second-order valence-electron chi connectivity index (χ2n) is 1.81. The molecular formula is C5H7ClN4. The molecule has 0 amide bonds. The van der Waals surface area contributed by atoms with Crippen molar-refractivity contribution in [3.63, 3.8) is 0 Å². The molecule has 54 valence electrons. The van der Waals surface area contributed by atoms with Gasteiger partial charge in [-0.05, 0) is 0 Å². The zero-order chi connectivity index (χ0) is 7.56. The van der Waals surface area contributed by atoms with Gasteiger partial charge in [0, 0.05) is 13.1 Å². The summed E-state index contributed by atoms with van der Waals surface area (Å²) in [7, 11) is 1.68. The van der Waals surface area contributed by atoms with Crippen molar-refractivity contribution in [3.05, 3.63) is 17.5 Å². The SMILES string of the molecule is CN(N)c1cc(Cl)ncn1. The summed E-state index contributed by atoms with van der Waals surface area (Å²) >= 11 is 5.56. The van der Waals surface area contributed by atoms with Gasteiger partial charge in [-0.25, -0.2) is 15.8 Å². The molecule has 10 heavy (non-hydrogen) atoms. The van der Waals surface area contributed by atoms with E-state index in [1.165, 1.54) is 11.3 Å². The normalized spacial score (nSPS) is 9.50. The molecule has 4 nitrogen and oxygen atoms in total. The number of hydrogen-bond acceptors (Lipinski definition) is 4. The van der Waals surface area contributed by atoms with Gasteiger partial charge in [0.25, 0.3) is 0 Å². The highest BCUT2D eigenvalue weighted by molar-refractivity contribution is 6.29. The Morgan fingerprint density at radius 3 is 2.70 bits per heavy atom. The van der Waals surface area contributed by atoms with E-state index in [0.29, 0.717) is 11.0 Å². The van der Waals surface area contributed by atoms with Crippen molar-refractivity contribution in [2.45, 2.75) is 0 Å². The van der Waals surface area contributed by atoms with Gasteiger partial charge in [0.15, 0.2) is 0 Å². The molecule has 0 bridgehead atoms. The van der Waals surface area contributed by atoms with Crippen molar-refractivity contribution >= 4 is 17.4 Å². The molecule has 0 spiro atoms. The van der Waals surface area contributed by atoms with Crippen molar-refractivity contribution in [3.8, 4) is 0 Å². The van der Waals surface area contributed by atoms with Crippen LogP contribution < -0.4 is 10.9 Å². The summed E-state index contributed by atoms with van der Waals surface area (Å²) < 4.78 is 0. The molecular weight excluding hydrogens is 152 g/mol. The molecule has 2 N–H and O–H groups in total. The van der Waals surface area contributed by atoms with E-state index in [1.54, 1.807) is 13.1 Å². The maximum Gasteiger partial charge on any atom is 0.147 e. The van der Waals surface area contributed by atoms with Crippen LogP contribution in [0.4, 0.5) is 5.82 Å². The van der Waals surface area contributed by atoms with Gasteiger partial charge in [-0.3, -0.25) is 5.01 Å². The van der Waals surface area contributed by atoms with E-state index in [-0.39, 0.29) is 0 Å². The van der Waals surface area contributed by atoms with Crippen LogP contribution in [0.3, 0.4) is 0 Å². The Morgan fingerprint density at radius 1 is 1.60 bits per heavy atom. The lowest BCUT2D eigenvalue weighted by molar-refractivity contribution is 0.963. The first kappa shape index (κ1) is 7.24. The summed E-state index contributed by atoms with van der Waals surface area (Å²) in [5, 5.41) is 1.76. The molecule has 0 fully saturated rings. The molecule has 0 aromatic carbocycles. The summed E-state index contributed by atoms with van der Waals surface area (Å²) in [5.74, 6) is 5.96. The van der Waals surface area contributed by atoms with Crippen molar-refractivity contribution in [1.29, 1.82) is 0 Å². The Bertz CT molecular complexity index is 225. The van der Waals surface area contributed by atoms with Crippen molar-refractivity contribution in [2.75, 3.05) is 12.1 Å². The minimum absolute atomic E-state index is 0.391. The first-order chi connectivity index (χ1) is 4.70. The molecule has 0 aliphatic rings. The largest absolute Gasteiger partial charge is 0.298 e. The van der Waals surface area contributed by atoms with Gasteiger partial charge in [-0.1, -0.05) is 11.6 Å². The van der Waals surface area contributed by atoms with Crippen LogP contribution in [0.25, 0.3) is 0 Å². The van der Waals surface area contributed by atoms with Crippen LogP contribution >= 0.6 is 11.6 Å². The highest BCUT2D eigenvalue weighted by atomic mass is 35.5. The molecule has 0 aliphatic carbocycles. The topological polar surface area (TPSA) is 55.0 Å². The number of aromatic nitrogens is 2. The Kier molecular flexibility index (Phi) is 2.03. The van der Waals surface area contributed by atoms with Gasteiger partial charge in [0.1, 0.15) is 17.3 Å². The summed E-state index contributed by atoms with van der Waals surface area (Å²) in [6.45, 7) is 0. The average molecular weight is 159 g/mol. The van der Waals surface area contributed by atoms with E-state index in [9.17, 15) is 0 Å². The molecule has 1 rings (SSSR count). The van der Waals surface area contributed by atoms with Gasteiger partial charge in [0.2, 0.25) is 0 Å². The van der Waals surface area contributed by atoms with E-state index in [4.69, 9.17) is 17.4 Å². The smallest absolute Gasteiger partial charge is 0.147 e. The zero-order valence-corrected chi connectivity index (χ0v) is 6.21. The van der Waals surface area contributed by atoms with Crippen LogP contribution in [0, 0.1) is 0 Å². The molecule has 0 saturated carbocycles. The maximum absolute atomic E-state index is 5.56. The molecule has 1 aromatic heterocycles. The van der Waals surface area contributed by atoms with Crippen molar-refractivity contribution in [1.82, 2.24) is 9.97 Å². The predicted molar refractivity (Wildman–Crippen MR) is 39.6 cm³/mol. The third kappa shape index (κ3) is 1.55. The molecule has 0 atom stereocenters. The number of rotatable bonds is 1. The number of anilines is 1. The molecule has 1 heterocycles.